The van der Waals surface area contributed by atoms with Crippen LogP contribution >= 0.6 is 35.3 Å². The van der Waals surface area contributed by atoms with E-state index in [4.69, 9.17) is 19.4 Å². The molecule has 250 valence electrons. The molecule has 6 rings (SSSR count). The summed E-state index contributed by atoms with van der Waals surface area (Å²) in [4.78, 5) is 12.5. The molecule has 0 atom stereocenters. The predicted octanol–water partition coefficient (Wildman–Crippen LogP) is 11.0. The molecule has 3 heterocycles. The van der Waals surface area contributed by atoms with Gasteiger partial charge in [-0.3, -0.25) is 9.97 Å². The number of halogens is 3. The molecule has 4 nitrogen and oxygen atoms in total. The van der Waals surface area contributed by atoms with Crippen molar-refractivity contribution in [1.29, 1.82) is 0 Å². The molecule has 1 saturated heterocycles. The zero-order chi connectivity index (χ0) is 34.3. The van der Waals surface area contributed by atoms with Crippen LogP contribution in [0.2, 0.25) is 0 Å². The molecule has 1 aliphatic heterocycles. The van der Waals surface area contributed by atoms with Crippen molar-refractivity contribution >= 4 is 51.3 Å². The molecule has 5 aromatic rings. The van der Waals surface area contributed by atoms with Gasteiger partial charge in [0, 0.05) is 53.7 Å². The normalized spacial score (nSPS) is 12.1. The number of hydrogen-bond acceptors (Lipinski definition) is 4. The Labute approximate surface area is 303 Å². The molecular weight excluding hydrogens is 776 g/mol. The maximum atomic E-state index is 5.67. The zero-order valence-corrected chi connectivity index (χ0v) is 33.0. The summed E-state index contributed by atoms with van der Waals surface area (Å²) in [7, 11) is 11.3. The molecule has 0 bridgehead atoms. The molecule has 2 aromatic heterocycles. The van der Waals surface area contributed by atoms with Crippen molar-refractivity contribution in [1.82, 2.24) is 9.97 Å². The van der Waals surface area contributed by atoms with Gasteiger partial charge < -0.3 is 9.80 Å². The van der Waals surface area contributed by atoms with Gasteiger partial charge in [-0.25, -0.2) is 0 Å². The number of aryl methyl sites for hydroxylation is 7. The molecule has 3 aromatic carbocycles. The van der Waals surface area contributed by atoms with Crippen molar-refractivity contribution in [3.05, 3.63) is 159 Å². The monoisotopic (exact) mass is 819 g/mol. The third-order valence-electron chi connectivity index (χ3n) is 7.14. The maximum absolute atomic E-state index is 5.67. The average Bonchev–Trinajstić information content (AvgIpc) is 3.47. The van der Waals surface area contributed by atoms with Gasteiger partial charge in [0.1, 0.15) is 0 Å². The minimum atomic E-state index is -1.61. The summed E-state index contributed by atoms with van der Waals surface area (Å²) in [6.07, 6.45) is 7.10. The summed E-state index contributed by atoms with van der Waals surface area (Å²) in [6, 6.07) is 26.8. The topological polar surface area (TPSA) is 32.3 Å². The number of anilines is 2. The van der Waals surface area contributed by atoms with Gasteiger partial charge in [0.05, 0.1) is 0 Å². The van der Waals surface area contributed by atoms with Crippen LogP contribution < -0.4 is 9.80 Å². The molecular formula is C39H44BrCl2N4Ru-. The van der Waals surface area contributed by atoms with E-state index in [2.05, 4.69) is 108 Å². The average molecular weight is 821 g/mol. The Morgan fingerprint density at radius 2 is 1.11 bits per heavy atom. The van der Waals surface area contributed by atoms with Crippen molar-refractivity contribution in [3.8, 4) is 0 Å². The van der Waals surface area contributed by atoms with Crippen LogP contribution in [0.3, 0.4) is 0 Å². The van der Waals surface area contributed by atoms with Gasteiger partial charge in [-0.2, -0.15) is 6.67 Å². The van der Waals surface area contributed by atoms with Gasteiger partial charge in [0.25, 0.3) is 0 Å². The molecule has 1 aliphatic rings. The molecule has 0 spiro atoms. The number of benzene rings is 3. The van der Waals surface area contributed by atoms with Crippen LogP contribution in [0.1, 0.15) is 44.5 Å². The Balaban J connectivity index is 0.000000204. The van der Waals surface area contributed by atoms with Gasteiger partial charge in [-0.05, 0) is 110 Å². The van der Waals surface area contributed by atoms with E-state index < -0.39 is 13.5 Å². The Hall–Kier alpha value is -2.89. The van der Waals surface area contributed by atoms with Crippen LogP contribution in [0.15, 0.2) is 108 Å². The number of aromatic nitrogens is 2. The number of hydrogen-bond donors (Lipinski definition) is 0. The van der Waals surface area contributed by atoms with Crippen LogP contribution in [0.4, 0.5) is 11.4 Å². The van der Waals surface area contributed by atoms with Gasteiger partial charge in [0.15, 0.2) is 0 Å². The van der Waals surface area contributed by atoms with E-state index in [0.717, 1.165) is 23.1 Å². The molecule has 1 fully saturated rings. The van der Waals surface area contributed by atoms with E-state index >= 15 is 0 Å². The number of nitrogens with zero attached hydrogens (tertiary/aromatic N) is 4. The summed E-state index contributed by atoms with van der Waals surface area (Å²) in [5.41, 5.74) is 13.2. The van der Waals surface area contributed by atoms with E-state index in [9.17, 15) is 0 Å². The SMILES string of the molecule is Brc1cccnc1.Cc1cc(C)c(N2[CH-]N(c3c(C)cc(C)cc3C)CC2)c(C)c1.Cc1cccnc1.[Cl][Ru]([Cl])=[CH]c1ccccc1. The molecule has 0 radical (unpaired) electrons. The van der Waals surface area contributed by atoms with E-state index in [1.165, 1.54) is 50.3 Å². The third kappa shape index (κ3) is 13.3. The molecule has 47 heavy (non-hydrogen) atoms. The van der Waals surface area contributed by atoms with E-state index in [-0.39, 0.29) is 0 Å². The van der Waals surface area contributed by atoms with Crippen molar-refractivity contribution < 1.29 is 13.5 Å². The van der Waals surface area contributed by atoms with Gasteiger partial charge in [-0.15, -0.1) is 0 Å². The van der Waals surface area contributed by atoms with E-state index in [1.54, 1.807) is 18.6 Å². The summed E-state index contributed by atoms with van der Waals surface area (Å²) in [5, 5.41) is 0. The summed E-state index contributed by atoms with van der Waals surface area (Å²) in [5.74, 6) is 0. The molecule has 0 amide bonds. The first-order chi connectivity index (χ1) is 22.4. The van der Waals surface area contributed by atoms with Crippen LogP contribution in [0.25, 0.3) is 0 Å². The van der Waals surface area contributed by atoms with E-state index in [0.29, 0.717) is 0 Å². The Morgan fingerprint density at radius 3 is 1.43 bits per heavy atom. The van der Waals surface area contributed by atoms with Crippen LogP contribution in [0.5, 0.6) is 0 Å². The minimum absolute atomic E-state index is 1.02. The molecule has 0 saturated carbocycles. The van der Waals surface area contributed by atoms with Gasteiger partial charge >= 0.3 is 73.4 Å². The fourth-order valence-corrected chi connectivity index (χ4v) is 7.59. The number of pyridine rings is 2. The summed E-state index contributed by atoms with van der Waals surface area (Å²) >= 11 is 1.63. The van der Waals surface area contributed by atoms with Crippen molar-refractivity contribution in [2.45, 2.75) is 48.5 Å². The fraction of sp³-hybridized carbons (Fsp3) is 0.231. The third-order valence-corrected chi connectivity index (χ3v) is 9.48. The quantitative estimate of drug-likeness (QED) is 0.134. The molecule has 0 N–H and O–H groups in total. The molecule has 0 aliphatic carbocycles. The van der Waals surface area contributed by atoms with Gasteiger partial charge in [0.2, 0.25) is 0 Å². The summed E-state index contributed by atoms with van der Waals surface area (Å²) < 4.78 is 2.95. The Bertz CT molecular complexity index is 1570. The first-order valence-electron chi connectivity index (χ1n) is 15.3. The number of rotatable bonds is 3. The second-order valence-corrected chi connectivity index (χ2v) is 18.1. The molecule has 0 unspecified atom stereocenters. The second kappa shape index (κ2) is 19.8. The molecule has 8 heteroatoms. The fourth-order valence-electron chi connectivity index (χ4n) is 5.49. The van der Waals surface area contributed by atoms with Crippen LogP contribution in [-0.4, -0.2) is 27.7 Å². The second-order valence-electron chi connectivity index (χ2n) is 11.4. The van der Waals surface area contributed by atoms with Crippen LogP contribution in [-0.2, 0) is 13.5 Å². The predicted molar refractivity (Wildman–Crippen MR) is 205 cm³/mol. The Kier molecular flexibility index (Phi) is 16.3. The van der Waals surface area contributed by atoms with E-state index in [1.807, 2.05) is 72.3 Å². The first kappa shape index (κ1) is 38.6. The Morgan fingerprint density at radius 1 is 0.638 bits per heavy atom. The summed E-state index contributed by atoms with van der Waals surface area (Å²) in [6.45, 7) is 19.6. The first-order valence-corrected chi connectivity index (χ1v) is 21.6. The van der Waals surface area contributed by atoms with Crippen molar-refractivity contribution in [2.75, 3.05) is 22.9 Å². The van der Waals surface area contributed by atoms with Crippen LogP contribution in [0, 0.1) is 55.1 Å². The van der Waals surface area contributed by atoms with Crippen molar-refractivity contribution in [3.63, 3.8) is 0 Å². The van der Waals surface area contributed by atoms with Gasteiger partial charge in [-0.1, -0.05) is 41.5 Å². The standard InChI is InChI=1S/C21H27N2.C7H6.C6H7N.C5H4BrN.2ClH.Ru/c1-14-9-16(3)20(17(4)10-14)22-7-8-23(13-22)21-18(5)11-15(2)12-19(21)6;1-7-5-3-2-4-6-7;1-6-3-2-4-7-5-6;6-5-2-1-3-7-4-5;;;/h9-13H,7-8H2,1-6H3;1-6H;2-5H,1H3;1-4H;2*1H;/q-1;;;;;;+2/p-2. The van der Waals surface area contributed by atoms with Crippen molar-refractivity contribution in [2.24, 2.45) is 0 Å². The zero-order valence-electron chi connectivity index (χ0n) is 28.2.